The molecule has 0 radical (unpaired) electrons. The molecule has 3 rings (SSSR count). The van der Waals surface area contributed by atoms with Gasteiger partial charge in [0.25, 0.3) is 11.4 Å². The van der Waals surface area contributed by atoms with Crippen LogP contribution in [0.25, 0.3) is 0 Å². The second-order valence-electron chi connectivity index (χ2n) is 6.58. The van der Waals surface area contributed by atoms with Gasteiger partial charge in [-0.15, -0.1) is 0 Å². The molecular formula is C21H17N5O8. The first kappa shape index (κ1) is 23.6. The molecule has 0 amide bonds. The second kappa shape index (κ2) is 10.5. The summed E-state index contributed by atoms with van der Waals surface area (Å²) < 4.78 is 11.2. The fraction of sp³-hybridized carbons (Fsp3) is 0.0952. The number of rotatable bonds is 10. The Morgan fingerprint density at radius 3 is 2.09 bits per heavy atom. The van der Waals surface area contributed by atoms with Crippen LogP contribution in [-0.2, 0) is 0 Å². The standard InChI is InChI=1S/C21H17N5O8/c1-2-33-21-11-14(13-22-23-15-4-6-16(7-5-15)24(27)28)3-9-20(21)34-19-10-8-17(25(29)30)12-18(19)26(31)32/h3-13,23H,2H2,1H3/b22-13+. The zero-order valence-corrected chi connectivity index (χ0v) is 17.6. The van der Waals surface area contributed by atoms with E-state index in [-0.39, 0.29) is 29.5 Å². The van der Waals surface area contributed by atoms with Crippen LogP contribution in [0.3, 0.4) is 0 Å². The lowest BCUT2D eigenvalue weighted by atomic mass is 10.2. The highest BCUT2D eigenvalue weighted by Gasteiger charge is 2.22. The molecule has 0 heterocycles. The van der Waals surface area contributed by atoms with Crippen LogP contribution in [0.2, 0.25) is 0 Å². The quantitative estimate of drug-likeness (QED) is 0.243. The van der Waals surface area contributed by atoms with E-state index in [4.69, 9.17) is 9.47 Å². The molecule has 0 fully saturated rings. The van der Waals surface area contributed by atoms with E-state index in [2.05, 4.69) is 10.5 Å². The maximum absolute atomic E-state index is 11.4. The molecule has 1 N–H and O–H groups in total. The van der Waals surface area contributed by atoms with Gasteiger partial charge in [-0.25, -0.2) is 0 Å². The summed E-state index contributed by atoms with van der Waals surface area (Å²) in [5.74, 6) is 0.256. The topological polar surface area (TPSA) is 172 Å². The zero-order chi connectivity index (χ0) is 24.7. The molecule has 0 spiro atoms. The van der Waals surface area contributed by atoms with Gasteiger partial charge in [0.2, 0.25) is 5.75 Å². The fourth-order valence-electron chi connectivity index (χ4n) is 2.76. The Labute approximate surface area is 191 Å². The SMILES string of the molecule is CCOc1cc(/C=N/Nc2ccc([N+](=O)[O-])cc2)ccc1Oc1ccc([N+](=O)[O-])cc1[N+](=O)[O-]. The van der Waals surface area contributed by atoms with Crippen LogP contribution in [0, 0.1) is 30.3 Å². The first-order chi connectivity index (χ1) is 16.3. The molecule has 34 heavy (non-hydrogen) atoms. The lowest BCUT2D eigenvalue weighted by Crippen LogP contribution is -1.99. The largest absolute Gasteiger partial charge is 0.490 e. The molecule has 0 bridgehead atoms. The number of hydrazone groups is 1. The van der Waals surface area contributed by atoms with E-state index in [0.29, 0.717) is 11.3 Å². The molecule has 0 aliphatic rings. The lowest BCUT2D eigenvalue weighted by Gasteiger charge is -2.12. The number of nitrogens with zero attached hydrogens (tertiary/aromatic N) is 4. The van der Waals surface area contributed by atoms with Crippen molar-refractivity contribution >= 4 is 29.0 Å². The smallest absolute Gasteiger partial charge is 0.318 e. The van der Waals surface area contributed by atoms with Crippen molar-refractivity contribution in [1.29, 1.82) is 0 Å². The third kappa shape index (κ3) is 5.79. The van der Waals surface area contributed by atoms with E-state index in [1.165, 1.54) is 36.5 Å². The minimum Gasteiger partial charge on any atom is -0.490 e. The Morgan fingerprint density at radius 2 is 1.47 bits per heavy atom. The van der Waals surface area contributed by atoms with Gasteiger partial charge < -0.3 is 9.47 Å². The van der Waals surface area contributed by atoms with E-state index >= 15 is 0 Å². The van der Waals surface area contributed by atoms with Gasteiger partial charge in [0.05, 0.1) is 39.3 Å². The number of anilines is 1. The van der Waals surface area contributed by atoms with E-state index in [0.717, 1.165) is 18.2 Å². The molecule has 13 nitrogen and oxygen atoms in total. The molecule has 0 atom stereocenters. The van der Waals surface area contributed by atoms with Crippen LogP contribution < -0.4 is 14.9 Å². The minimum absolute atomic E-state index is 0.0419. The third-order valence-electron chi connectivity index (χ3n) is 4.32. The van der Waals surface area contributed by atoms with Crippen molar-refractivity contribution in [2.24, 2.45) is 5.10 Å². The Morgan fingerprint density at radius 1 is 0.824 bits per heavy atom. The molecule has 0 aliphatic heterocycles. The summed E-state index contributed by atoms with van der Waals surface area (Å²) in [6.45, 7) is 2.02. The van der Waals surface area contributed by atoms with E-state index < -0.39 is 26.1 Å². The van der Waals surface area contributed by atoms with Gasteiger partial charge in [-0.3, -0.25) is 35.8 Å². The number of non-ortho nitro benzene ring substituents is 2. The molecule has 0 saturated heterocycles. The number of hydrogen-bond donors (Lipinski definition) is 1. The Kier molecular flexibility index (Phi) is 7.28. The Balaban J connectivity index is 1.80. The average Bonchev–Trinajstić information content (AvgIpc) is 2.81. The van der Waals surface area contributed by atoms with Crippen molar-refractivity contribution in [2.45, 2.75) is 6.92 Å². The summed E-state index contributed by atoms with van der Waals surface area (Å²) in [5, 5.41) is 37.0. The van der Waals surface area contributed by atoms with E-state index in [1.807, 2.05) is 0 Å². The summed E-state index contributed by atoms with van der Waals surface area (Å²) in [7, 11) is 0. The second-order valence-corrected chi connectivity index (χ2v) is 6.58. The Hall–Kier alpha value is -5.07. The molecule has 13 heteroatoms. The van der Waals surface area contributed by atoms with Crippen LogP contribution in [0.5, 0.6) is 17.2 Å². The van der Waals surface area contributed by atoms with Crippen molar-refractivity contribution in [3.63, 3.8) is 0 Å². The maximum atomic E-state index is 11.4. The van der Waals surface area contributed by atoms with Gasteiger partial charge in [0.15, 0.2) is 11.5 Å². The van der Waals surface area contributed by atoms with Crippen molar-refractivity contribution in [2.75, 3.05) is 12.0 Å². The molecule has 3 aromatic carbocycles. The van der Waals surface area contributed by atoms with Crippen molar-refractivity contribution in [3.05, 3.63) is 96.6 Å². The predicted octanol–water partition coefficient (Wildman–Crippen LogP) is 5.05. The van der Waals surface area contributed by atoms with Crippen LogP contribution in [0.1, 0.15) is 12.5 Å². The predicted molar refractivity (Wildman–Crippen MR) is 122 cm³/mol. The van der Waals surface area contributed by atoms with E-state index in [9.17, 15) is 30.3 Å². The number of nitrogens with one attached hydrogen (secondary N) is 1. The van der Waals surface area contributed by atoms with Crippen LogP contribution in [-0.4, -0.2) is 27.6 Å². The highest BCUT2D eigenvalue weighted by Crippen LogP contribution is 2.38. The zero-order valence-electron chi connectivity index (χ0n) is 17.6. The number of ether oxygens (including phenoxy) is 2. The summed E-state index contributed by atoms with van der Waals surface area (Å²) in [4.78, 5) is 31.0. The van der Waals surface area contributed by atoms with E-state index in [1.54, 1.807) is 19.1 Å². The Bertz CT molecular complexity index is 1260. The average molecular weight is 467 g/mol. The summed E-state index contributed by atoms with van der Waals surface area (Å²) in [6, 6.07) is 13.5. The highest BCUT2D eigenvalue weighted by atomic mass is 16.6. The first-order valence-electron chi connectivity index (χ1n) is 9.69. The number of nitro benzene ring substituents is 3. The third-order valence-corrected chi connectivity index (χ3v) is 4.32. The van der Waals surface area contributed by atoms with Gasteiger partial charge in [-0.2, -0.15) is 5.10 Å². The molecule has 3 aromatic rings. The van der Waals surface area contributed by atoms with Crippen LogP contribution in [0.15, 0.2) is 65.8 Å². The lowest BCUT2D eigenvalue weighted by molar-refractivity contribution is -0.394. The molecule has 174 valence electrons. The highest BCUT2D eigenvalue weighted by molar-refractivity contribution is 5.81. The van der Waals surface area contributed by atoms with Crippen molar-refractivity contribution in [3.8, 4) is 17.2 Å². The van der Waals surface area contributed by atoms with Crippen LogP contribution in [0.4, 0.5) is 22.7 Å². The van der Waals surface area contributed by atoms with Gasteiger partial charge in [0, 0.05) is 18.2 Å². The van der Waals surface area contributed by atoms with Gasteiger partial charge in [-0.05, 0) is 48.9 Å². The molecule has 0 saturated carbocycles. The number of benzene rings is 3. The normalized spacial score (nSPS) is 10.6. The number of hydrogen-bond acceptors (Lipinski definition) is 10. The summed E-state index contributed by atoms with van der Waals surface area (Å²) in [5.41, 5.74) is 2.85. The molecular weight excluding hydrogens is 450 g/mol. The van der Waals surface area contributed by atoms with Crippen LogP contribution >= 0.6 is 0 Å². The van der Waals surface area contributed by atoms with Gasteiger partial charge in [0.1, 0.15) is 0 Å². The molecule has 0 aromatic heterocycles. The van der Waals surface area contributed by atoms with Gasteiger partial charge in [-0.1, -0.05) is 0 Å². The van der Waals surface area contributed by atoms with Gasteiger partial charge >= 0.3 is 5.69 Å². The monoisotopic (exact) mass is 467 g/mol. The van der Waals surface area contributed by atoms with Crippen molar-refractivity contribution in [1.82, 2.24) is 0 Å². The summed E-state index contributed by atoms with van der Waals surface area (Å²) >= 11 is 0. The van der Waals surface area contributed by atoms with Crippen molar-refractivity contribution < 1.29 is 24.2 Å². The number of nitro groups is 3. The first-order valence-corrected chi connectivity index (χ1v) is 9.69. The molecule has 0 unspecified atom stereocenters. The summed E-state index contributed by atoms with van der Waals surface area (Å²) in [6.07, 6.45) is 1.47. The maximum Gasteiger partial charge on any atom is 0.318 e. The fourth-order valence-corrected chi connectivity index (χ4v) is 2.76. The molecule has 0 aliphatic carbocycles. The minimum atomic E-state index is -0.770.